The molecule has 136 valence electrons. The van der Waals surface area contributed by atoms with Crippen molar-refractivity contribution in [2.45, 2.75) is 45.1 Å². The van der Waals surface area contributed by atoms with Gasteiger partial charge in [0, 0.05) is 53.6 Å². The molecule has 6 heteroatoms. The van der Waals surface area contributed by atoms with Gasteiger partial charge >= 0.3 is 0 Å². The summed E-state index contributed by atoms with van der Waals surface area (Å²) in [5, 5.41) is 3.38. The molecule has 1 heterocycles. The highest BCUT2D eigenvalue weighted by molar-refractivity contribution is 5.79. The fourth-order valence-electron chi connectivity index (χ4n) is 2.60. The Balaban J connectivity index is 2.13. The molecule has 0 spiro atoms. The van der Waals surface area contributed by atoms with Crippen molar-refractivity contribution in [3.63, 3.8) is 0 Å². The Morgan fingerprint density at radius 3 is 2.57 bits per heavy atom. The van der Waals surface area contributed by atoms with Gasteiger partial charge < -0.3 is 24.4 Å². The molecule has 0 unspecified atom stereocenters. The largest absolute Gasteiger partial charge is 0.385 e. The van der Waals surface area contributed by atoms with E-state index in [4.69, 9.17) is 14.2 Å². The summed E-state index contributed by atoms with van der Waals surface area (Å²) in [6.07, 6.45) is 5.77. The molecular formula is C17H35N3O3. The Morgan fingerprint density at radius 1 is 1.13 bits per heavy atom. The third-order valence-corrected chi connectivity index (χ3v) is 3.97. The lowest BCUT2D eigenvalue weighted by molar-refractivity contribution is 0.00984. The molecule has 0 bridgehead atoms. The monoisotopic (exact) mass is 329 g/mol. The molecular weight excluding hydrogens is 294 g/mol. The molecule has 0 saturated carbocycles. The summed E-state index contributed by atoms with van der Waals surface area (Å²) >= 11 is 0. The summed E-state index contributed by atoms with van der Waals surface area (Å²) in [7, 11) is 3.57. The first kappa shape index (κ1) is 20.2. The highest BCUT2D eigenvalue weighted by atomic mass is 16.5. The van der Waals surface area contributed by atoms with Crippen LogP contribution < -0.4 is 5.32 Å². The summed E-state index contributed by atoms with van der Waals surface area (Å²) in [5.74, 6) is 0.974. The normalized spacial score (nSPS) is 16.8. The minimum Gasteiger partial charge on any atom is -0.385 e. The van der Waals surface area contributed by atoms with Crippen molar-refractivity contribution in [1.29, 1.82) is 0 Å². The average Bonchev–Trinajstić information content (AvgIpc) is 2.59. The summed E-state index contributed by atoms with van der Waals surface area (Å²) in [5.41, 5.74) is 0. The zero-order valence-electron chi connectivity index (χ0n) is 15.2. The predicted octanol–water partition coefficient (Wildman–Crippen LogP) is 1.90. The van der Waals surface area contributed by atoms with E-state index in [0.717, 1.165) is 77.7 Å². The number of likely N-dealkylation sites (tertiary alicyclic amines) is 1. The van der Waals surface area contributed by atoms with Crippen LogP contribution in [0.25, 0.3) is 0 Å². The highest BCUT2D eigenvalue weighted by Crippen LogP contribution is 2.14. The third-order valence-electron chi connectivity index (χ3n) is 3.97. The van der Waals surface area contributed by atoms with E-state index in [1.807, 2.05) is 7.05 Å². The lowest BCUT2D eigenvalue weighted by Crippen LogP contribution is -2.47. The number of nitrogens with zero attached hydrogens (tertiary/aromatic N) is 2. The standard InChI is InChI=1S/C17H35N3O3/c1-4-5-13-22-15-9-19-17(18-2)20-10-7-16(8-11-20)23-14-6-12-21-3/h16H,4-15H2,1-3H3,(H,18,19). The van der Waals surface area contributed by atoms with Crippen LogP contribution in [-0.2, 0) is 14.2 Å². The van der Waals surface area contributed by atoms with Crippen LogP contribution >= 0.6 is 0 Å². The Morgan fingerprint density at radius 2 is 1.91 bits per heavy atom. The average molecular weight is 329 g/mol. The molecule has 1 saturated heterocycles. The van der Waals surface area contributed by atoms with Gasteiger partial charge in [0.1, 0.15) is 0 Å². The Bertz CT molecular complexity index is 305. The maximum absolute atomic E-state index is 5.90. The fourth-order valence-corrected chi connectivity index (χ4v) is 2.60. The van der Waals surface area contributed by atoms with Crippen molar-refractivity contribution in [2.24, 2.45) is 4.99 Å². The van der Waals surface area contributed by atoms with Crippen LogP contribution in [0.5, 0.6) is 0 Å². The van der Waals surface area contributed by atoms with Gasteiger partial charge in [-0.3, -0.25) is 4.99 Å². The summed E-state index contributed by atoms with van der Waals surface area (Å²) < 4.78 is 16.5. The minimum atomic E-state index is 0.374. The SMILES string of the molecule is CCCCOCCNC(=NC)N1CCC(OCCCOC)CC1. The topological polar surface area (TPSA) is 55.3 Å². The van der Waals surface area contributed by atoms with E-state index in [1.165, 1.54) is 6.42 Å². The molecule has 1 aliphatic rings. The molecule has 0 aromatic rings. The van der Waals surface area contributed by atoms with Gasteiger partial charge in [-0.15, -0.1) is 0 Å². The number of nitrogens with one attached hydrogen (secondary N) is 1. The number of rotatable bonds is 11. The molecule has 0 radical (unpaired) electrons. The van der Waals surface area contributed by atoms with Gasteiger partial charge in [-0.05, 0) is 25.7 Å². The van der Waals surface area contributed by atoms with Gasteiger partial charge in [0.2, 0.25) is 0 Å². The number of unbranched alkanes of at least 4 members (excludes halogenated alkanes) is 1. The van der Waals surface area contributed by atoms with Crippen molar-refractivity contribution in [2.75, 3.05) is 60.2 Å². The Kier molecular flexibility index (Phi) is 11.9. The zero-order chi connectivity index (χ0) is 16.8. The number of hydrogen-bond acceptors (Lipinski definition) is 4. The maximum Gasteiger partial charge on any atom is 0.193 e. The van der Waals surface area contributed by atoms with Crippen LogP contribution in [0, 0.1) is 0 Å². The Labute approximate surface area is 141 Å². The van der Waals surface area contributed by atoms with Gasteiger partial charge in [-0.2, -0.15) is 0 Å². The predicted molar refractivity (Wildman–Crippen MR) is 94.1 cm³/mol. The fraction of sp³-hybridized carbons (Fsp3) is 0.941. The first-order valence-corrected chi connectivity index (χ1v) is 8.95. The van der Waals surface area contributed by atoms with Gasteiger partial charge in [0.15, 0.2) is 5.96 Å². The number of aliphatic imine (C=N–C) groups is 1. The summed E-state index contributed by atoms with van der Waals surface area (Å²) in [6.45, 7) is 8.12. The number of piperidine rings is 1. The molecule has 6 nitrogen and oxygen atoms in total. The van der Waals surface area contributed by atoms with Crippen LogP contribution in [-0.4, -0.2) is 77.2 Å². The van der Waals surface area contributed by atoms with Crippen LogP contribution in [0.4, 0.5) is 0 Å². The molecule has 23 heavy (non-hydrogen) atoms. The van der Waals surface area contributed by atoms with E-state index >= 15 is 0 Å². The van der Waals surface area contributed by atoms with E-state index < -0.39 is 0 Å². The number of hydrogen-bond donors (Lipinski definition) is 1. The quantitative estimate of drug-likeness (QED) is 0.356. The summed E-state index contributed by atoms with van der Waals surface area (Å²) in [4.78, 5) is 6.68. The van der Waals surface area contributed by atoms with E-state index in [9.17, 15) is 0 Å². The Hall–Kier alpha value is -0.850. The molecule has 1 rings (SSSR count). The van der Waals surface area contributed by atoms with Crippen LogP contribution in [0.15, 0.2) is 4.99 Å². The second kappa shape index (κ2) is 13.6. The second-order valence-corrected chi connectivity index (χ2v) is 5.84. The number of guanidine groups is 1. The number of methoxy groups -OCH3 is 1. The van der Waals surface area contributed by atoms with Crippen LogP contribution in [0.3, 0.4) is 0 Å². The smallest absolute Gasteiger partial charge is 0.193 e. The molecule has 0 aromatic carbocycles. The summed E-state index contributed by atoms with van der Waals surface area (Å²) in [6, 6.07) is 0. The molecule has 1 N–H and O–H groups in total. The van der Waals surface area contributed by atoms with Gasteiger partial charge in [0.05, 0.1) is 12.7 Å². The van der Waals surface area contributed by atoms with E-state index in [2.05, 4.69) is 22.1 Å². The molecule has 0 aliphatic carbocycles. The first-order chi connectivity index (χ1) is 11.3. The van der Waals surface area contributed by atoms with Crippen molar-refractivity contribution < 1.29 is 14.2 Å². The zero-order valence-corrected chi connectivity index (χ0v) is 15.2. The van der Waals surface area contributed by atoms with Crippen molar-refractivity contribution >= 4 is 5.96 Å². The second-order valence-electron chi connectivity index (χ2n) is 5.84. The van der Waals surface area contributed by atoms with Gasteiger partial charge in [-0.1, -0.05) is 13.3 Å². The van der Waals surface area contributed by atoms with Gasteiger partial charge in [-0.25, -0.2) is 0 Å². The van der Waals surface area contributed by atoms with Crippen LogP contribution in [0.1, 0.15) is 39.0 Å². The van der Waals surface area contributed by atoms with E-state index in [0.29, 0.717) is 6.10 Å². The lowest BCUT2D eigenvalue weighted by Gasteiger charge is -2.34. The molecule has 1 fully saturated rings. The third kappa shape index (κ3) is 9.13. The van der Waals surface area contributed by atoms with Crippen LogP contribution in [0.2, 0.25) is 0 Å². The van der Waals surface area contributed by atoms with Crippen molar-refractivity contribution in [3.05, 3.63) is 0 Å². The lowest BCUT2D eigenvalue weighted by atomic mass is 10.1. The molecule has 1 aliphatic heterocycles. The van der Waals surface area contributed by atoms with Crippen molar-refractivity contribution in [1.82, 2.24) is 10.2 Å². The minimum absolute atomic E-state index is 0.374. The highest BCUT2D eigenvalue weighted by Gasteiger charge is 2.21. The van der Waals surface area contributed by atoms with Gasteiger partial charge in [0.25, 0.3) is 0 Å². The first-order valence-electron chi connectivity index (χ1n) is 8.95. The van der Waals surface area contributed by atoms with E-state index in [-0.39, 0.29) is 0 Å². The molecule has 0 amide bonds. The molecule has 0 aromatic heterocycles. The molecule has 0 atom stereocenters. The van der Waals surface area contributed by atoms with E-state index in [1.54, 1.807) is 7.11 Å². The number of ether oxygens (including phenoxy) is 3. The van der Waals surface area contributed by atoms with Crippen molar-refractivity contribution in [3.8, 4) is 0 Å². The maximum atomic E-state index is 5.90.